The first-order valence-electron chi connectivity index (χ1n) is 7.40. The maximum absolute atomic E-state index is 2.68. The third-order valence-corrected chi connectivity index (χ3v) is 4.56. The van der Waals surface area contributed by atoms with Gasteiger partial charge in [-0.3, -0.25) is 9.80 Å². The molecule has 2 aliphatic heterocycles. The Balaban J connectivity index is 1.66. The van der Waals surface area contributed by atoms with Gasteiger partial charge in [0.05, 0.1) is 0 Å². The molecule has 1 atom stereocenters. The number of nitrogens with zero attached hydrogens (tertiary/aromatic N) is 2. The SMILES string of the molecule is CCc1ccccc1CN1CCN2CCCC2C1. The Hall–Kier alpha value is -0.860. The van der Waals surface area contributed by atoms with Gasteiger partial charge in [0.15, 0.2) is 0 Å². The van der Waals surface area contributed by atoms with Crippen molar-refractivity contribution in [1.29, 1.82) is 0 Å². The standard InChI is InChI=1S/C16H24N2/c1-2-14-6-3-4-7-15(14)12-17-10-11-18-9-5-8-16(18)13-17/h3-4,6-7,16H,2,5,8-13H2,1H3. The molecule has 0 aromatic heterocycles. The Morgan fingerprint density at radius 1 is 1.11 bits per heavy atom. The van der Waals surface area contributed by atoms with Crippen LogP contribution in [-0.2, 0) is 13.0 Å². The number of fused-ring (bicyclic) bond motifs is 1. The number of benzene rings is 1. The highest BCUT2D eigenvalue weighted by molar-refractivity contribution is 5.27. The Kier molecular flexibility index (Phi) is 3.67. The average molecular weight is 244 g/mol. The monoisotopic (exact) mass is 244 g/mol. The van der Waals surface area contributed by atoms with Gasteiger partial charge in [-0.15, -0.1) is 0 Å². The molecular weight excluding hydrogens is 220 g/mol. The minimum Gasteiger partial charge on any atom is -0.298 e. The summed E-state index contributed by atoms with van der Waals surface area (Å²) in [6.45, 7) is 8.54. The normalized spacial score (nSPS) is 25.3. The van der Waals surface area contributed by atoms with E-state index in [4.69, 9.17) is 0 Å². The van der Waals surface area contributed by atoms with E-state index in [0.717, 1.165) is 19.0 Å². The lowest BCUT2D eigenvalue weighted by atomic mass is 10.0. The van der Waals surface area contributed by atoms with Crippen molar-refractivity contribution in [3.63, 3.8) is 0 Å². The van der Waals surface area contributed by atoms with Crippen molar-refractivity contribution < 1.29 is 0 Å². The van der Waals surface area contributed by atoms with Crippen LogP contribution >= 0.6 is 0 Å². The Bertz CT molecular complexity index is 402. The van der Waals surface area contributed by atoms with Crippen molar-refractivity contribution >= 4 is 0 Å². The van der Waals surface area contributed by atoms with Crippen LogP contribution in [-0.4, -0.2) is 42.0 Å². The molecule has 0 saturated carbocycles. The van der Waals surface area contributed by atoms with Gasteiger partial charge >= 0.3 is 0 Å². The molecule has 2 aliphatic rings. The summed E-state index contributed by atoms with van der Waals surface area (Å²) >= 11 is 0. The molecule has 1 aromatic rings. The lowest BCUT2D eigenvalue weighted by molar-refractivity contribution is 0.0992. The lowest BCUT2D eigenvalue weighted by Crippen LogP contribution is -2.49. The first-order chi connectivity index (χ1) is 8.86. The number of hydrogen-bond donors (Lipinski definition) is 0. The molecule has 2 heterocycles. The van der Waals surface area contributed by atoms with Gasteiger partial charge in [0.1, 0.15) is 0 Å². The molecule has 98 valence electrons. The molecule has 0 bridgehead atoms. The van der Waals surface area contributed by atoms with E-state index in [2.05, 4.69) is 41.0 Å². The van der Waals surface area contributed by atoms with Crippen molar-refractivity contribution in [2.75, 3.05) is 26.2 Å². The van der Waals surface area contributed by atoms with E-state index in [1.54, 1.807) is 0 Å². The van der Waals surface area contributed by atoms with E-state index in [1.807, 2.05) is 0 Å². The smallest absolute Gasteiger partial charge is 0.0237 e. The van der Waals surface area contributed by atoms with E-state index >= 15 is 0 Å². The Labute approximate surface area is 111 Å². The third kappa shape index (κ3) is 2.45. The molecular formula is C16H24N2. The predicted octanol–water partition coefficient (Wildman–Crippen LogP) is 2.53. The first kappa shape index (κ1) is 12.2. The summed E-state index contributed by atoms with van der Waals surface area (Å²) in [5.41, 5.74) is 3.05. The maximum Gasteiger partial charge on any atom is 0.0237 e. The first-order valence-corrected chi connectivity index (χ1v) is 7.40. The van der Waals surface area contributed by atoms with Gasteiger partial charge in [0.25, 0.3) is 0 Å². The van der Waals surface area contributed by atoms with E-state index in [-0.39, 0.29) is 0 Å². The van der Waals surface area contributed by atoms with Crippen LogP contribution in [0.15, 0.2) is 24.3 Å². The summed E-state index contributed by atoms with van der Waals surface area (Å²) in [6, 6.07) is 9.77. The predicted molar refractivity (Wildman–Crippen MR) is 75.7 cm³/mol. The highest BCUT2D eigenvalue weighted by Gasteiger charge is 2.30. The van der Waals surface area contributed by atoms with Gasteiger partial charge in [0, 0.05) is 32.2 Å². The summed E-state index contributed by atoms with van der Waals surface area (Å²) in [6.07, 6.45) is 3.97. The molecule has 18 heavy (non-hydrogen) atoms. The summed E-state index contributed by atoms with van der Waals surface area (Å²) < 4.78 is 0. The van der Waals surface area contributed by atoms with Gasteiger partial charge in [-0.05, 0) is 36.9 Å². The zero-order valence-electron chi connectivity index (χ0n) is 11.4. The van der Waals surface area contributed by atoms with Crippen LogP contribution in [0.5, 0.6) is 0 Å². The number of piperazine rings is 1. The van der Waals surface area contributed by atoms with Crippen molar-refractivity contribution in [3.05, 3.63) is 35.4 Å². The van der Waals surface area contributed by atoms with E-state index < -0.39 is 0 Å². The van der Waals surface area contributed by atoms with Crippen molar-refractivity contribution in [2.45, 2.75) is 38.8 Å². The summed E-state index contributed by atoms with van der Waals surface area (Å²) in [4.78, 5) is 5.34. The number of hydrogen-bond acceptors (Lipinski definition) is 2. The molecule has 0 radical (unpaired) electrons. The van der Waals surface area contributed by atoms with E-state index in [0.29, 0.717) is 0 Å². The van der Waals surface area contributed by atoms with Gasteiger partial charge in [0.2, 0.25) is 0 Å². The fourth-order valence-electron chi connectivity index (χ4n) is 3.50. The van der Waals surface area contributed by atoms with Crippen LogP contribution in [0.2, 0.25) is 0 Å². The fourth-order valence-corrected chi connectivity index (χ4v) is 3.50. The Morgan fingerprint density at radius 2 is 1.94 bits per heavy atom. The molecule has 0 amide bonds. The molecule has 2 nitrogen and oxygen atoms in total. The third-order valence-electron chi connectivity index (χ3n) is 4.56. The maximum atomic E-state index is 2.68. The molecule has 3 rings (SSSR count). The second-order valence-corrected chi connectivity index (χ2v) is 5.69. The summed E-state index contributed by atoms with van der Waals surface area (Å²) in [5.74, 6) is 0. The zero-order chi connectivity index (χ0) is 12.4. The van der Waals surface area contributed by atoms with Gasteiger partial charge < -0.3 is 0 Å². The quantitative estimate of drug-likeness (QED) is 0.806. The highest BCUT2D eigenvalue weighted by Crippen LogP contribution is 2.23. The fraction of sp³-hybridized carbons (Fsp3) is 0.625. The van der Waals surface area contributed by atoms with Crippen molar-refractivity contribution in [1.82, 2.24) is 9.80 Å². The lowest BCUT2D eigenvalue weighted by Gasteiger charge is -2.37. The molecule has 2 fully saturated rings. The molecule has 0 aliphatic carbocycles. The van der Waals surface area contributed by atoms with Crippen LogP contribution in [0, 0.1) is 0 Å². The topological polar surface area (TPSA) is 6.48 Å². The average Bonchev–Trinajstić information content (AvgIpc) is 2.87. The second-order valence-electron chi connectivity index (χ2n) is 5.69. The van der Waals surface area contributed by atoms with Crippen LogP contribution in [0.4, 0.5) is 0 Å². The largest absolute Gasteiger partial charge is 0.298 e. The van der Waals surface area contributed by atoms with Crippen LogP contribution in [0.3, 0.4) is 0 Å². The number of rotatable bonds is 3. The minimum atomic E-state index is 0.840. The van der Waals surface area contributed by atoms with Crippen LogP contribution in [0.1, 0.15) is 30.9 Å². The van der Waals surface area contributed by atoms with Gasteiger partial charge in [-0.2, -0.15) is 0 Å². The second kappa shape index (κ2) is 5.41. The molecule has 0 spiro atoms. The van der Waals surface area contributed by atoms with Gasteiger partial charge in [-0.25, -0.2) is 0 Å². The van der Waals surface area contributed by atoms with Crippen molar-refractivity contribution in [3.8, 4) is 0 Å². The zero-order valence-corrected chi connectivity index (χ0v) is 11.4. The summed E-state index contributed by atoms with van der Waals surface area (Å²) in [7, 11) is 0. The van der Waals surface area contributed by atoms with Crippen molar-refractivity contribution in [2.24, 2.45) is 0 Å². The molecule has 1 aromatic carbocycles. The van der Waals surface area contributed by atoms with Gasteiger partial charge in [-0.1, -0.05) is 31.2 Å². The molecule has 2 heteroatoms. The van der Waals surface area contributed by atoms with Crippen LogP contribution in [0.25, 0.3) is 0 Å². The number of aryl methyl sites for hydroxylation is 1. The molecule has 0 N–H and O–H groups in total. The molecule has 2 saturated heterocycles. The Morgan fingerprint density at radius 3 is 2.78 bits per heavy atom. The van der Waals surface area contributed by atoms with E-state index in [1.165, 1.54) is 50.1 Å². The summed E-state index contributed by atoms with van der Waals surface area (Å²) in [5, 5.41) is 0. The highest BCUT2D eigenvalue weighted by atomic mass is 15.3. The van der Waals surface area contributed by atoms with E-state index in [9.17, 15) is 0 Å². The molecule has 1 unspecified atom stereocenters. The van der Waals surface area contributed by atoms with Crippen LogP contribution < -0.4 is 0 Å². The minimum absolute atomic E-state index is 0.840.